The second kappa shape index (κ2) is 8.19. The van der Waals surface area contributed by atoms with Gasteiger partial charge in [-0.05, 0) is 61.3 Å². The van der Waals surface area contributed by atoms with Gasteiger partial charge in [0.15, 0.2) is 0 Å². The maximum Gasteiger partial charge on any atom is 0.407 e. The summed E-state index contributed by atoms with van der Waals surface area (Å²) in [6.45, 7) is 7.06. The summed E-state index contributed by atoms with van der Waals surface area (Å²) in [5.41, 5.74) is 2.65. The maximum atomic E-state index is 12.0. The number of nitriles is 1. The van der Waals surface area contributed by atoms with Crippen molar-refractivity contribution in [3.63, 3.8) is 0 Å². The number of hydrogen-bond donors (Lipinski definition) is 1. The zero-order valence-corrected chi connectivity index (χ0v) is 19.2. The van der Waals surface area contributed by atoms with E-state index in [0.29, 0.717) is 12.1 Å². The molecule has 0 spiro atoms. The molecule has 3 aromatic rings. The average molecular weight is 483 g/mol. The van der Waals surface area contributed by atoms with Crippen molar-refractivity contribution in [3.05, 3.63) is 46.8 Å². The molecule has 4 heterocycles. The van der Waals surface area contributed by atoms with Crippen LogP contribution in [-0.4, -0.2) is 45.4 Å². The lowest BCUT2D eigenvalue weighted by atomic mass is 10.1. The minimum atomic E-state index is -0.510. The fourth-order valence-electron chi connectivity index (χ4n) is 3.62. The fourth-order valence-corrected chi connectivity index (χ4v) is 4.26. The van der Waals surface area contributed by atoms with Crippen LogP contribution in [0.15, 0.2) is 41.3 Å². The van der Waals surface area contributed by atoms with Crippen molar-refractivity contribution < 1.29 is 9.53 Å². The standard InChI is InChI=1S/C22H23BrN6O2/c1-22(2,3)31-21(30)27-17-6-7-28(13-17)19-5-4-14(10-25-19)15-8-18(23)20-16(9-24)11-26-29(20)12-15/h4-5,8,10-12,17H,6-7,13H2,1-3H3,(H,27,30)/t17-/m1/s1. The molecule has 1 aliphatic heterocycles. The Kier molecular flexibility index (Phi) is 5.58. The van der Waals surface area contributed by atoms with Crippen LogP contribution in [0.2, 0.25) is 0 Å². The zero-order chi connectivity index (χ0) is 22.2. The van der Waals surface area contributed by atoms with E-state index in [-0.39, 0.29) is 12.1 Å². The smallest absolute Gasteiger partial charge is 0.407 e. The van der Waals surface area contributed by atoms with Gasteiger partial charge in [0.05, 0.1) is 23.3 Å². The molecule has 1 atom stereocenters. The van der Waals surface area contributed by atoms with Gasteiger partial charge in [0.1, 0.15) is 17.5 Å². The van der Waals surface area contributed by atoms with Gasteiger partial charge in [0.2, 0.25) is 0 Å². The first kappa shape index (κ1) is 21.1. The number of carbonyl (C=O) groups is 1. The van der Waals surface area contributed by atoms with Crippen molar-refractivity contribution in [1.29, 1.82) is 5.26 Å². The topological polar surface area (TPSA) is 95.5 Å². The monoisotopic (exact) mass is 482 g/mol. The van der Waals surface area contributed by atoms with E-state index in [9.17, 15) is 10.1 Å². The molecule has 1 amide bonds. The van der Waals surface area contributed by atoms with E-state index < -0.39 is 5.60 Å². The van der Waals surface area contributed by atoms with Crippen LogP contribution in [-0.2, 0) is 4.74 Å². The van der Waals surface area contributed by atoms with Crippen LogP contribution in [0.5, 0.6) is 0 Å². The van der Waals surface area contributed by atoms with E-state index in [4.69, 9.17) is 4.74 Å². The molecule has 0 aliphatic carbocycles. The fraction of sp³-hybridized carbons (Fsp3) is 0.364. The van der Waals surface area contributed by atoms with Crippen molar-refractivity contribution in [1.82, 2.24) is 19.9 Å². The number of ether oxygens (including phenoxy) is 1. The third-order valence-electron chi connectivity index (χ3n) is 5.00. The summed E-state index contributed by atoms with van der Waals surface area (Å²) in [5, 5.41) is 16.4. The quantitative estimate of drug-likeness (QED) is 0.602. The lowest BCUT2D eigenvalue weighted by Gasteiger charge is -2.22. The van der Waals surface area contributed by atoms with Crippen molar-refractivity contribution in [2.45, 2.75) is 38.8 Å². The molecule has 4 rings (SSSR count). The van der Waals surface area contributed by atoms with Crippen LogP contribution in [0.3, 0.4) is 0 Å². The Morgan fingerprint density at radius 3 is 2.81 bits per heavy atom. The van der Waals surface area contributed by atoms with E-state index in [0.717, 1.165) is 39.9 Å². The van der Waals surface area contributed by atoms with Gasteiger partial charge in [-0.1, -0.05) is 0 Å². The lowest BCUT2D eigenvalue weighted by molar-refractivity contribution is 0.0509. The Morgan fingerprint density at radius 2 is 2.13 bits per heavy atom. The number of pyridine rings is 2. The summed E-state index contributed by atoms with van der Waals surface area (Å²) in [7, 11) is 0. The Morgan fingerprint density at radius 1 is 1.32 bits per heavy atom. The van der Waals surface area contributed by atoms with Gasteiger partial charge < -0.3 is 15.0 Å². The summed E-state index contributed by atoms with van der Waals surface area (Å²) in [6.07, 6.45) is 5.72. The minimum absolute atomic E-state index is 0.0313. The normalized spacial score (nSPS) is 16.4. The number of rotatable bonds is 3. The lowest BCUT2D eigenvalue weighted by Crippen LogP contribution is -2.40. The number of halogens is 1. The Balaban J connectivity index is 1.45. The summed E-state index contributed by atoms with van der Waals surface area (Å²) in [6, 6.07) is 8.14. The number of amides is 1. The molecule has 0 bridgehead atoms. The second-order valence-corrected chi connectivity index (χ2v) is 9.38. The highest BCUT2D eigenvalue weighted by Crippen LogP contribution is 2.29. The maximum absolute atomic E-state index is 12.0. The van der Waals surface area contributed by atoms with Crippen LogP contribution in [0.4, 0.5) is 10.6 Å². The van der Waals surface area contributed by atoms with E-state index >= 15 is 0 Å². The van der Waals surface area contributed by atoms with Crippen LogP contribution in [0, 0.1) is 11.3 Å². The number of anilines is 1. The predicted octanol–water partition coefficient (Wildman–Crippen LogP) is 4.13. The Hall–Kier alpha value is -3.12. The molecule has 9 heteroatoms. The molecule has 0 saturated carbocycles. The number of fused-ring (bicyclic) bond motifs is 1. The molecule has 8 nitrogen and oxygen atoms in total. The number of aromatic nitrogens is 3. The number of nitrogens with one attached hydrogen (secondary N) is 1. The zero-order valence-electron chi connectivity index (χ0n) is 17.6. The van der Waals surface area contributed by atoms with Crippen LogP contribution >= 0.6 is 15.9 Å². The van der Waals surface area contributed by atoms with Crippen molar-refractivity contribution in [2.24, 2.45) is 0 Å². The van der Waals surface area contributed by atoms with Gasteiger partial charge >= 0.3 is 6.09 Å². The summed E-state index contributed by atoms with van der Waals surface area (Å²) in [5.74, 6) is 0.864. The first-order valence-corrected chi connectivity index (χ1v) is 10.8. The van der Waals surface area contributed by atoms with Gasteiger partial charge in [-0.3, -0.25) is 0 Å². The van der Waals surface area contributed by atoms with E-state index in [2.05, 4.69) is 42.3 Å². The predicted molar refractivity (Wildman–Crippen MR) is 121 cm³/mol. The van der Waals surface area contributed by atoms with Gasteiger partial charge in [0.25, 0.3) is 0 Å². The highest BCUT2D eigenvalue weighted by atomic mass is 79.9. The highest BCUT2D eigenvalue weighted by Gasteiger charge is 2.26. The number of hydrogen-bond acceptors (Lipinski definition) is 6. The molecule has 1 saturated heterocycles. The minimum Gasteiger partial charge on any atom is -0.444 e. The first-order chi connectivity index (χ1) is 14.7. The molecule has 0 aromatic carbocycles. The number of alkyl carbamates (subject to hydrolysis) is 1. The molecular formula is C22H23BrN6O2. The second-order valence-electron chi connectivity index (χ2n) is 8.52. The molecule has 160 valence electrons. The highest BCUT2D eigenvalue weighted by molar-refractivity contribution is 9.10. The molecule has 1 N–H and O–H groups in total. The third kappa shape index (κ3) is 4.64. The van der Waals surface area contributed by atoms with Gasteiger partial charge in [-0.25, -0.2) is 14.3 Å². The summed E-state index contributed by atoms with van der Waals surface area (Å²) in [4.78, 5) is 18.8. The molecular weight excluding hydrogens is 460 g/mol. The van der Waals surface area contributed by atoms with Crippen molar-refractivity contribution in [2.75, 3.05) is 18.0 Å². The number of carbonyl (C=O) groups excluding carboxylic acids is 1. The van der Waals surface area contributed by atoms with E-state index in [1.54, 1.807) is 10.7 Å². The molecule has 1 aliphatic rings. The van der Waals surface area contributed by atoms with Crippen LogP contribution in [0.25, 0.3) is 16.6 Å². The third-order valence-corrected chi connectivity index (χ3v) is 5.60. The Labute approximate surface area is 189 Å². The van der Waals surface area contributed by atoms with E-state index in [1.165, 1.54) is 0 Å². The SMILES string of the molecule is CC(C)(C)OC(=O)N[C@@H]1CCN(c2ccc(-c3cc(Br)c4c(C#N)cnn4c3)cn2)C1. The van der Waals surface area contributed by atoms with Crippen LogP contribution in [0.1, 0.15) is 32.8 Å². The van der Waals surface area contributed by atoms with Gasteiger partial charge in [-0.2, -0.15) is 10.4 Å². The molecule has 0 unspecified atom stereocenters. The van der Waals surface area contributed by atoms with Gasteiger partial charge in [0, 0.05) is 41.1 Å². The summed E-state index contributed by atoms with van der Waals surface area (Å²) < 4.78 is 7.84. The summed E-state index contributed by atoms with van der Waals surface area (Å²) >= 11 is 3.54. The Bertz CT molecular complexity index is 1160. The molecule has 1 fully saturated rings. The molecule has 31 heavy (non-hydrogen) atoms. The largest absolute Gasteiger partial charge is 0.444 e. The molecule has 3 aromatic heterocycles. The van der Waals surface area contributed by atoms with Gasteiger partial charge in [-0.15, -0.1) is 0 Å². The van der Waals surface area contributed by atoms with Crippen molar-refractivity contribution >= 4 is 33.4 Å². The van der Waals surface area contributed by atoms with Crippen LogP contribution < -0.4 is 10.2 Å². The van der Waals surface area contributed by atoms with E-state index in [1.807, 2.05) is 51.4 Å². The molecule has 0 radical (unpaired) electrons. The average Bonchev–Trinajstić information content (AvgIpc) is 3.33. The number of nitrogens with zero attached hydrogens (tertiary/aromatic N) is 5. The van der Waals surface area contributed by atoms with Crippen molar-refractivity contribution in [3.8, 4) is 17.2 Å². The first-order valence-electron chi connectivity index (χ1n) is 10.0.